The minimum atomic E-state index is 0. The highest BCUT2D eigenvalue weighted by Gasteiger charge is 1.89. The molecule has 82 valence electrons. The predicted octanol–water partition coefficient (Wildman–Crippen LogP) is 4.32. The normalized spacial score (nSPS) is 8.40. The Balaban J connectivity index is 0.000000280. The molecule has 2 aromatic rings. The van der Waals surface area contributed by atoms with Crippen molar-refractivity contribution >= 4 is 35.3 Å². The van der Waals surface area contributed by atoms with E-state index in [1.807, 2.05) is 5.38 Å². The lowest BCUT2D eigenvalue weighted by Gasteiger charge is -1.98. The van der Waals surface area contributed by atoms with Crippen molar-refractivity contribution in [2.45, 2.75) is 20.3 Å². The van der Waals surface area contributed by atoms with Gasteiger partial charge >= 0.3 is 0 Å². The van der Waals surface area contributed by atoms with Crippen LogP contribution in [0.2, 0.25) is 0 Å². The first kappa shape index (κ1) is 14.6. The van der Waals surface area contributed by atoms with Crippen LogP contribution in [0.1, 0.15) is 18.1 Å². The molecule has 3 heteroatoms. The van der Waals surface area contributed by atoms with Gasteiger partial charge < -0.3 is 0 Å². The minimum Gasteiger partial charge on any atom is -0.253 e. The zero-order valence-corrected chi connectivity index (χ0v) is 12.2. The van der Waals surface area contributed by atoms with Gasteiger partial charge in [-0.25, -0.2) is 0 Å². The van der Waals surface area contributed by atoms with Crippen molar-refractivity contribution in [1.29, 1.82) is 0 Å². The van der Waals surface area contributed by atoms with Gasteiger partial charge in [0.2, 0.25) is 0 Å². The van der Waals surface area contributed by atoms with Gasteiger partial charge in [-0.05, 0) is 24.5 Å². The molecule has 1 nitrogen and oxygen atoms in total. The lowest BCUT2D eigenvalue weighted by molar-refractivity contribution is 1.11. The van der Waals surface area contributed by atoms with Crippen LogP contribution >= 0.6 is 35.3 Å². The van der Waals surface area contributed by atoms with Gasteiger partial charge in [-0.2, -0.15) is 0 Å². The number of halogens is 1. The molecule has 0 aliphatic rings. The molecule has 0 atom stereocenters. The molecule has 0 saturated carbocycles. The molecular formula is C12H16INS. The van der Waals surface area contributed by atoms with Crippen LogP contribution in [0.15, 0.2) is 41.4 Å². The van der Waals surface area contributed by atoms with Crippen LogP contribution in [0.25, 0.3) is 0 Å². The van der Waals surface area contributed by atoms with Crippen LogP contribution in [0, 0.1) is 6.92 Å². The Morgan fingerprint density at radius 1 is 1.27 bits per heavy atom. The average molecular weight is 333 g/mol. The largest absolute Gasteiger partial charge is 0.253 e. The Morgan fingerprint density at radius 2 is 2.00 bits per heavy atom. The van der Waals surface area contributed by atoms with Gasteiger partial charge in [0.25, 0.3) is 0 Å². The number of thiazole rings is 1. The predicted molar refractivity (Wildman–Crippen MR) is 78.1 cm³/mol. The molecule has 1 heterocycles. The molecule has 0 amide bonds. The molecule has 1 aromatic carbocycles. The minimum absolute atomic E-state index is 0. The van der Waals surface area contributed by atoms with Crippen molar-refractivity contribution in [3.8, 4) is 0 Å². The summed E-state index contributed by atoms with van der Waals surface area (Å²) in [6.45, 7) is 4.33. The average Bonchev–Trinajstić information content (AvgIpc) is 2.76. The van der Waals surface area contributed by atoms with E-state index in [9.17, 15) is 0 Å². The second-order valence-electron chi connectivity index (χ2n) is 2.96. The van der Waals surface area contributed by atoms with Gasteiger partial charge in [-0.1, -0.05) is 31.2 Å². The number of aryl methyl sites for hydroxylation is 2. The van der Waals surface area contributed by atoms with Gasteiger partial charge in [0, 0.05) is 11.6 Å². The van der Waals surface area contributed by atoms with Crippen molar-refractivity contribution in [3.05, 3.63) is 52.5 Å². The molecule has 0 saturated heterocycles. The molecule has 0 N–H and O–H groups in total. The quantitative estimate of drug-likeness (QED) is 0.709. The highest BCUT2D eigenvalue weighted by molar-refractivity contribution is 14.0. The van der Waals surface area contributed by atoms with Crippen LogP contribution < -0.4 is 0 Å². The van der Waals surface area contributed by atoms with E-state index in [-0.39, 0.29) is 24.0 Å². The monoisotopic (exact) mass is 333 g/mol. The third kappa shape index (κ3) is 5.89. The number of aromatic nitrogens is 1. The fourth-order valence-electron chi connectivity index (χ4n) is 1.18. The highest BCUT2D eigenvalue weighted by atomic mass is 127. The molecule has 0 radical (unpaired) electrons. The van der Waals surface area contributed by atoms with Crippen LogP contribution in [0.5, 0.6) is 0 Å². The third-order valence-electron chi connectivity index (χ3n) is 1.99. The maximum Gasteiger partial charge on any atom is 0.0791 e. The van der Waals surface area contributed by atoms with Crippen molar-refractivity contribution in [2.75, 3.05) is 0 Å². The first-order valence-corrected chi connectivity index (χ1v) is 5.65. The van der Waals surface area contributed by atoms with Crippen molar-refractivity contribution in [2.24, 2.45) is 0 Å². The summed E-state index contributed by atoms with van der Waals surface area (Å²) in [7, 11) is 0. The molecular weight excluding hydrogens is 317 g/mol. The van der Waals surface area contributed by atoms with Gasteiger partial charge in [-0.15, -0.1) is 35.3 Å². The molecule has 0 aliphatic carbocycles. The van der Waals surface area contributed by atoms with E-state index >= 15 is 0 Å². The lowest BCUT2D eigenvalue weighted by atomic mass is 10.1. The van der Waals surface area contributed by atoms with E-state index in [1.165, 1.54) is 11.1 Å². The summed E-state index contributed by atoms with van der Waals surface area (Å²) >= 11 is 1.60. The topological polar surface area (TPSA) is 12.9 Å². The Morgan fingerprint density at radius 3 is 2.33 bits per heavy atom. The Bertz CT molecular complexity index is 329. The maximum atomic E-state index is 3.74. The number of benzene rings is 1. The van der Waals surface area contributed by atoms with E-state index in [4.69, 9.17) is 0 Å². The zero-order valence-electron chi connectivity index (χ0n) is 9.01. The summed E-state index contributed by atoms with van der Waals surface area (Å²) in [5.74, 6) is 0. The standard InChI is InChI=1S/C9H12.C3H3NS.HI/c1-3-9-7-5-4-6-8(9)2;1-2-5-3-4-1;/h4-7H,3H2,1-2H3;1-3H;1H. The summed E-state index contributed by atoms with van der Waals surface area (Å²) in [5.41, 5.74) is 4.65. The zero-order chi connectivity index (χ0) is 10.2. The molecule has 0 aliphatic heterocycles. The molecule has 2 rings (SSSR count). The van der Waals surface area contributed by atoms with Crippen LogP contribution in [0.4, 0.5) is 0 Å². The second-order valence-corrected chi connectivity index (χ2v) is 3.71. The third-order valence-corrected chi connectivity index (χ3v) is 2.51. The van der Waals surface area contributed by atoms with Gasteiger partial charge in [0.1, 0.15) is 0 Å². The Labute approximate surface area is 113 Å². The number of nitrogens with zero attached hydrogens (tertiary/aromatic N) is 1. The van der Waals surface area contributed by atoms with Gasteiger partial charge in [0.05, 0.1) is 5.51 Å². The van der Waals surface area contributed by atoms with E-state index in [1.54, 1.807) is 23.0 Å². The fourth-order valence-corrected chi connectivity index (χ4v) is 1.53. The first-order chi connectivity index (χ1) is 6.84. The van der Waals surface area contributed by atoms with Gasteiger partial charge in [0.15, 0.2) is 0 Å². The summed E-state index contributed by atoms with van der Waals surface area (Å²) in [5, 5.41) is 1.93. The SMILES string of the molecule is CCc1ccccc1C.I.c1cscn1. The molecule has 1 aromatic heterocycles. The lowest BCUT2D eigenvalue weighted by Crippen LogP contribution is -1.82. The first-order valence-electron chi connectivity index (χ1n) is 4.71. The fraction of sp³-hybridized carbons (Fsp3) is 0.250. The van der Waals surface area contributed by atoms with Crippen molar-refractivity contribution in [3.63, 3.8) is 0 Å². The van der Waals surface area contributed by atoms with E-state index in [2.05, 4.69) is 43.1 Å². The number of rotatable bonds is 1. The van der Waals surface area contributed by atoms with E-state index < -0.39 is 0 Å². The second kappa shape index (κ2) is 8.85. The van der Waals surface area contributed by atoms with Gasteiger partial charge in [-0.3, -0.25) is 4.98 Å². The highest BCUT2D eigenvalue weighted by Crippen LogP contribution is 2.06. The van der Waals surface area contributed by atoms with Crippen LogP contribution in [-0.4, -0.2) is 4.98 Å². The van der Waals surface area contributed by atoms with Crippen molar-refractivity contribution < 1.29 is 0 Å². The molecule has 0 spiro atoms. The van der Waals surface area contributed by atoms with Crippen LogP contribution in [-0.2, 0) is 6.42 Å². The summed E-state index contributed by atoms with van der Waals surface area (Å²) in [6.07, 6.45) is 2.91. The van der Waals surface area contributed by atoms with Crippen molar-refractivity contribution in [1.82, 2.24) is 4.98 Å². The smallest absolute Gasteiger partial charge is 0.0791 e. The molecule has 0 unspecified atom stereocenters. The Hall–Kier alpha value is -0.420. The summed E-state index contributed by atoms with van der Waals surface area (Å²) < 4.78 is 0. The van der Waals surface area contributed by atoms with E-state index in [0.717, 1.165) is 6.42 Å². The van der Waals surface area contributed by atoms with E-state index in [0.29, 0.717) is 0 Å². The summed E-state index contributed by atoms with van der Waals surface area (Å²) in [6, 6.07) is 8.49. The molecule has 0 bridgehead atoms. The Kier molecular flexibility index (Phi) is 8.61. The summed E-state index contributed by atoms with van der Waals surface area (Å²) in [4.78, 5) is 3.74. The number of hydrogen-bond donors (Lipinski definition) is 0. The molecule has 0 fully saturated rings. The maximum absolute atomic E-state index is 3.74. The number of hydrogen-bond acceptors (Lipinski definition) is 2. The van der Waals surface area contributed by atoms with Crippen LogP contribution in [0.3, 0.4) is 0 Å². The molecule has 15 heavy (non-hydrogen) atoms.